The lowest BCUT2D eigenvalue weighted by Gasteiger charge is -2.25. The van der Waals surface area contributed by atoms with Crippen LogP contribution >= 0.6 is 0 Å². The fourth-order valence-electron chi connectivity index (χ4n) is 2.75. The maximum atomic E-state index is 5.38. The molecule has 3 heteroatoms. The van der Waals surface area contributed by atoms with Crippen LogP contribution in [0.1, 0.15) is 38.5 Å². The molecule has 1 aliphatic heterocycles. The number of rotatable bonds is 4. The second kappa shape index (κ2) is 5.83. The average molecular weight is 212 g/mol. The van der Waals surface area contributed by atoms with E-state index in [2.05, 4.69) is 10.6 Å². The van der Waals surface area contributed by atoms with Crippen LogP contribution in [0.25, 0.3) is 0 Å². The zero-order valence-corrected chi connectivity index (χ0v) is 9.80. The third-order valence-electron chi connectivity index (χ3n) is 3.78. The quantitative estimate of drug-likeness (QED) is 0.736. The second-order valence-electron chi connectivity index (χ2n) is 4.92. The minimum Gasteiger partial charge on any atom is -0.381 e. The minimum absolute atomic E-state index is 0.502. The lowest BCUT2D eigenvalue weighted by atomic mass is 10.0. The number of ether oxygens (including phenoxy) is 1. The van der Waals surface area contributed by atoms with E-state index in [1.165, 1.54) is 45.1 Å². The van der Waals surface area contributed by atoms with Crippen molar-refractivity contribution in [2.45, 2.75) is 56.7 Å². The number of hydrogen-bond acceptors (Lipinski definition) is 3. The predicted molar refractivity (Wildman–Crippen MR) is 62.1 cm³/mol. The Morgan fingerprint density at radius 3 is 2.87 bits per heavy atom. The molecule has 3 nitrogen and oxygen atoms in total. The Morgan fingerprint density at radius 1 is 1.27 bits per heavy atom. The van der Waals surface area contributed by atoms with E-state index in [1.54, 1.807) is 0 Å². The van der Waals surface area contributed by atoms with Crippen LogP contribution in [-0.4, -0.2) is 38.4 Å². The summed E-state index contributed by atoms with van der Waals surface area (Å²) >= 11 is 0. The molecule has 3 unspecified atom stereocenters. The molecular formula is C12H24N2O. The third kappa shape index (κ3) is 3.44. The lowest BCUT2D eigenvalue weighted by Crippen LogP contribution is -2.44. The van der Waals surface area contributed by atoms with Crippen LogP contribution in [0.5, 0.6) is 0 Å². The standard InChI is InChI=1S/C12H24N2O/c1-15-12-6-5-10(8-12)14-9-11-4-2-3-7-13-11/h10-14H,2-9H2,1H3. The third-order valence-corrected chi connectivity index (χ3v) is 3.78. The molecule has 0 aromatic carbocycles. The van der Waals surface area contributed by atoms with E-state index in [9.17, 15) is 0 Å². The van der Waals surface area contributed by atoms with Gasteiger partial charge in [0.15, 0.2) is 0 Å². The van der Waals surface area contributed by atoms with E-state index in [-0.39, 0.29) is 0 Å². The van der Waals surface area contributed by atoms with Crippen LogP contribution in [0, 0.1) is 0 Å². The molecular weight excluding hydrogens is 188 g/mol. The first-order chi connectivity index (χ1) is 7.38. The molecule has 0 spiro atoms. The van der Waals surface area contributed by atoms with Crippen molar-refractivity contribution in [1.82, 2.24) is 10.6 Å². The van der Waals surface area contributed by atoms with Gasteiger partial charge in [0, 0.05) is 25.7 Å². The van der Waals surface area contributed by atoms with Crippen LogP contribution < -0.4 is 10.6 Å². The highest BCUT2D eigenvalue weighted by molar-refractivity contribution is 4.83. The number of methoxy groups -OCH3 is 1. The second-order valence-corrected chi connectivity index (χ2v) is 4.92. The molecule has 2 aliphatic rings. The van der Waals surface area contributed by atoms with Gasteiger partial charge < -0.3 is 15.4 Å². The van der Waals surface area contributed by atoms with Gasteiger partial charge in [-0.3, -0.25) is 0 Å². The molecule has 0 amide bonds. The molecule has 15 heavy (non-hydrogen) atoms. The first kappa shape index (κ1) is 11.4. The van der Waals surface area contributed by atoms with Crippen LogP contribution in [-0.2, 0) is 4.74 Å². The number of nitrogens with one attached hydrogen (secondary N) is 2. The molecule has 0 radical (unpaired) electrons. The topological polar surface area (TPSA) is 33.3 Å². The highest BCUT2D eigenvalue weighted by Gasteiger charge is 2.24. The maximum absolute atomic E-state index is 5.38. The monoisotopic (exact) mass is 212 g/mol. The van der Waals surface area contributed by atoms with Gasteiger partial charge in [-0.05, 0) is 38.6 Å². The molecule has 0 aromatic heterocycles. The molecule has 0 bridgehead atoms. The summed E-state index contributed by atoms with van der Waals surface area (Å²) in [7, 11) is 1.83. The zero-order valence-electron chi connectivity index (χ0n) is 9.80. The highest BCUT2D eigenvalue weighted by Crippen LogP contribution is 2.21. The summed E-state index contributed by atoms with van der Waals surface area (Å²) in [6.45, 7) is 2.35. The molecule has 2 rings (SSSR count). The van der Waals surface area contributed by atoms with Crippen molar-refractivity contribution in [1.29, 1.82) is 0 Å². The summed E-state index contributed by atoms with van der Waals surface area (Å²) in [6.07, 6.45) is 8.30. The van der Waals surface area contributed by atoms with Crippen molar-refractivity contribution in [3.05, 3.63) is 0 Å². The maximum Gasteiger partial charge on any atom is 0.0586 e. The van der Waals surface area contributed by atoms with E-state index in [1.807, 2.05) is 7.11 Å². The normalized spacial score (nSPS) is 37.0. The van der Waals surface area contributed by atoms with Gasteiger partial charge in [-0.2, -0.15) is 0 Å². The van der Waals surface area contributed by atoms with Crippen molar-refractivity contribution in [3.8, 4) is 0 Å². The number of piperidine rings is 1. The van der Waals surface area contributed by atoms with Crippen LogP contribution in [0.15, 0.2) is 0 Å². The number of hydrogen-bond donors (Lipinski definition) is 2. The Labute approximate surface area is 93.0 Å². The van der Waals surface area contributed by atoms with Crippen molar-refractivity contribution >= 4 is 0 Å². The molecule has 1 saturated carbocycles. The molecule has 88 valence electrons. The van der Waals surface area contributed by atoms with Gasteiger partial charge in [0.2, 0.25) is 0 Å². The van der Waals surface area contributed by atoms with Gasteiger partial charge >= 0.3 is 0 Å². The molecule has 1 aliphatic carbocycles. The van der Waals surface area contributed by atoms with Crippen molar-refractivity contribution in [2.24, 2.45) is 0 Å². The predicted octanol–water partition coefficient (Wildman–Crippen LogP) is 1.29. The molecule has 2 fully saturated rings. The smallest absolute Gasteiger partial charge is 0.0586 e. The van der Waals surface area contributed by atoms with Crippen LogP contribution in [0.3, 0.4) is 0 Å². The van der Waals surface area contributed by atoms with E-state index in [0.717, 1.165) is 6.54 Å². The Balaban J connectivity index is 1.61. The fourth-order valence-corrected chi connectivity index (χ4v) is 2.75. The van der Waals surface area contributed by atoms with Gasteiger partial charge in [-0.1, -0.05) is 6.42 Å². The van der Waals surface area contributed by atoms with Crippen LogP contribution in [0.2, 0.25) is 0 Å². The molecule has 2 N–H and O–H groups in total. The first-order valence-corrected chi connectivity index (χ1v) is 6.38. The molecule has 1 saturated heterocycles. The van der Waals surface area contributed by atoms with E-state index in [4.69, 9.17) is 4.74 Å². The largest absolute Gasteiger partial charge is 0.381 e. The highest BCUT2D eigenvalue weighted by atomic mass is 16.5. The van der Waals surface area contributed by atoms with E-state index in [0.29, 0.717) is 18.2 Å². The van der Waals surface area contributed by atoms with Gasteiger partial charge in [0.1, 0.15) is 0 Å². The Kier molecular flexibility index (Phi) is 4.42. The minimum atomic E-state index is 0.502. The van der Waals surface area contributed by atoms with Gasteiger partial charge in [-0.15, -0.1) is 0 Å². The summed E-state index contributed by atoms with van der Waals surface area (Å²) in [6, 6.07) is 1.40. The van der Waals surface area contributed by atoms with Gasteiger partial charge in [-0.25, -0.2) is 0 Å². The van der Waals surface area contributed by atoms with E-state index >= 15 is 0 Å². The summed E-state index contributed by atoms with van der Waals surface area (Å²) in [5, 5.41) is 7.25. The van der Waals surface area contributed by atoms with Crippen molar-refractivity contribution in [2.75, 3.05) is 20.2 Å². The van der Waals surface area contributed by atoms with Gasteiger partial charge in [0.25, 0.3) is 0 Å². The summed E-state index contributed by atoms with van der Waals surface area (Å²) in [5.41, 5.74) is 0. The Hall–Kier alpha value is -0.120. The van der Waals surface area contributed by atoms with Gasteiger partial charge in [0.05, 0.1) is 6.10 Å². The lowest BCUT2D eigenvalue weighted by molar-refractivity contribution is 0.107. The van der Waals surface area contributed by atoms with E-state index < -0.39 is 0 Å². The molecule has 0 aromatic rings. The van der Waals surface area contributed by atoms with Crippen molar-refractivity contribution in [3.63, 3.8) is 0 Å². The Bertz CT molecular complexity index is 180. The summed E-state index contributed by atoms with van der Waals surface area (Å²) < 4.78 is 5.38. The van der Waals surface area contributed by atoms with Crippen molar-refractivity contribution < 1.29 is 4.74 Å². The zero-order chi connectivity index (χ0) is 10.5. The summed E-state index contributed by atoms with van der Waals surface area (Å²) in [5.74, 6) is 0. The first-order valence-electron chi connectivity index (χ1n) is 6.38. The van der Waals surface area contributed by atoms with Crippen LogP contribution in [0.4, 0.5) is 0 Å². The molecule has 3 atom stereocenters. The Morgan fingerprint density at radius 2 is 2.20 bits per heavy atom. The average Bonchev–Trinajstić information content (AvgIpc) is 2.76. The SMILES string of the molecule is COC1CCC(NCC2CCCCN2)C1. The molecule has 1 heterocycles. The fraction of sp³-hybridized carbons (Fsp3) is 1.00. The summed E-state index contributed by atoms with van der Waals surface area (Å²) in [4.78, 5) is 0.